The molecule has 4 heteroatoms. The predicted octanol–water partition coefficient (Wildman–Crippen LogP) is 2.55. The van der Waals surface area contributed by atoms with Crippen LogP contribution in [0.15, 0.2) is 6.20 Å². The van der Waals surface area contributed by atoms with E-state index in [4.69, 9.17) is 15.5 Å². The molecule has 2 unspecified atom stereocenters. The molecule has 18 heavy (non-hydrogen) atoms. The summed E-state index contributed by atoms with van der Waals surface area (Å²) in [6.45, 7) is 4.24. The highest BCUT2D eigenvalue weighted by Crippen LogP contribution is 2.28. The Morgan fingerprint density at radius 1 is 1.39 bits per heavy atom. The molecule has 0 aliphatic heterocycles. The lowest BCUT2D eigenvalue weighted by molar-refractivity contribution is 0.0572. The van der Waals surface area contributed by atoms with Gasteiger partial charge in [-0.2, -0.15) is 0 Å². The lowest BCUT2D eigenvalue weighted by Gasteiger charge is -2.19. The Morgan fingerprint density at radius 3 is 2.83 bits per heavy atom. The molecular formula is C14H23N3O. The molecule has 4 nitrogen and oxygen atoms in total. The van der Waals surface area contributed by atoms with Crippen molar-refractivity contribution in [2.75, 3.05) is 7.11 Å². The molecule has 0 bridgehead atoms. The predicted molar refractivity (Wildman–Crippen MR) is 71.1 cm³/mol. The van der Waals surface area contributed by atoms with Crippen molar-refractivity contribution in [2.24, 2.45) is 11.7 Å². The second-order valence-electron chi connectivity index (χ2n) is 5.38. The van der Waals surface area contributed by atoms with E-state index in [2.05, 4.69) is 18.8 Å². The Hall–Kier alpha value is -1.00. The van der Waals surface area contributed by atoms with Crippen molar-refractivity contribution in [3.8, 4) is 0 Å². The molecule has 2 rings (SSSR count). The second-order valence-corrected chi connectivity index (χ2v) is 5.38. The van der Waals surface area contributed by atoms with Gasteiger partial charge in [0.05, 0.1) is 0 Å². The third-order valence-electron chi connectivity index (χ3n) is 3.61. The average Bonchev–Trinajstić information content (AvgIpc) is 2.52. The van der Waals surface area contributed by atoms with E-state index in [1.165, 1.54) is 6.42 Å². The fourth-order valence-electron chi connectivity index (χ4n) is 2.58. The molecule has 2 N–H and O–H groups in total. The third-order valence-corrected chi connectivity index (χ3v) is 3.61. The second kappa shape index (κ2) is 5.76. The zero-order valence-corrected chi connectivity index (χ0v) is 11.5. The van der Waals surface area contributed by atoms with Crippen LogP contribution in [0.4, 0.5) is 0 Å². The third kappa shape index (κ3) is 2.70. The summed E-state index contributed by atoms with van der Waals surface area (Å²) in [5, 5.41) is 0. The van der Waals surface area contributed by atoms with Crippen LogP contribution in [0.3, 0.4) is 0 Å². The lowest BCUT2D eigenvalue weighted by Crippen LogP contribution is -2.17. The number of nitrogens with two attached hydrogens (primary N) is 1. The highest BCUT2D eigenvalue weighted by molar-refractivity contribution is 5.23. The summed E-state index contributed by atoms with van der Waals surface area (Å²) in [7, 11) is 1.71. The molecule has 0 radical (unpaired) electrons. The smallest absolute Gasteiger partial charge is 0.157 e. The molecule has 2 atom stereocenters. The van der Waals surface area contributed by atoms with Crippen LogP contribution in [-0.4, -0.2) is 17.1 Å². The van der Waals surface area contributed by atoms with E-state index >= 15 is 0 Å². The topological polar surface area (TPSA) is 61.0 Å². The summed E-state index contributed by atoms with van der Waals surface area (Å²) in [4.78, 5) is 9.16. The van der Waals surface area contributed by atoms with Gasteiger partial charge in [0.15, 0.2) is 5.82 Å². The van der Waals surface area contributed by atoms with Crippen molar-refractivity contribution in [3.63, 3.8) is 0 Å². The molecule has 1 aliphatic carbocycles. The molecule has 0 saturated heterocycles. The minimum absolute atomic E-state index is 0.0326. The van der Waals surface area contributed by atoms with E-state index in [-0.39, 0.29) is 12.1 Å². The standard InChI is InChI=1S/C14H23N3O/c1-9(2)13(18-3)14-16-8-10-11(15)6-4-5-7-12(10)17-14/h8-9,11,13H,4-7,15H2,1-3H3. The Labute approximate surface area is 109 Å². The van der Waals surface area contributed by atoms with Gasteiger partial charge >= 0.3 is 0 Å². The Bertz CT molecular complexity index is 406. The molecule has 1 heterocycles. The normalized spacial score (nSPS) is 21.5. The molecule has 1 aromatic rings. The fraction of sp³-hybridized carbons (Fsp3) is 0.714. The summed E-state index contributed by atoms with van der Waals surface area (Å²) in [5.41, 5.74) is 8.39. The molecule has 1 aromatic heterocycles. The number of hydrogen-bond acceptors (Lipinski definition) is 4. The summed E-state index contributed by atoms with van der Waals surface area (Å²) in [5.74, 6) is 1.16. The van der Waals surface area contributed by atoms with Gasteiger partial charge in [0.25, 0.3) is 0 Å². The molecular weight excluding hydrogens is 226 g/mol. The largest absolute Gasteiger partial charge is 0.373 e. The molecule has 0 saturated carbocycles. The summed E-state index contributed by atoms with van der Waals surface area (Å²) < 4.78 is 5.49. The number of fused-ring (bicyclic) bond motifs is 1. The van der Waals surface area contributed by atoms with Crippen LogP contribution < -0.4 is 5.73 Å². The first-order valence-corrected chi connectivity index (χ1v) is 6.77. The van der Waals surface area contributed by atoms with Crippen LogP contribution in [0.2, 0.25) is 0 Å². The minimum atomic E-state index is -0.0326. The molecule has 0 aromatic carbocycles. The number of rotatable bonds is 3. The van der Waals surface area contributed by atoms with Gasteiger partial charge in [-0.25, -0.2) is 9.97 Å². The van der Waals surface area contributed by atoms with Crippen LogP contribution in [0.1, 0.15) is 62.3 Å². The van der Waals surface area contributed by atoms with E-state index in [0.29, 0.717) is 5.92 Å². The Morgan fingerprint density at radius 2 is 2.17 bits per heavy atom. The van der Waals surface area contributed by atoms with Gasteiger partial charge < -0.3 is 10.5 Å². The van der Waals surface area contributed by atoms with Crippen molar-refractivity contribution < 1.29 is 4.74 Å². The lowest BCUT2D eigenvalue weighted by atomic mass is 10.0. The van der Waals surface area contributed by atoms with Gasteiger partial charge in [-0.1, -0.05) is 20.3 Å². The maximum atomic E-state index is 6.15. The highest BCUT2D eigenvalue weighted by Gasteiger charge is 2.22. The number of ether oxygens (including phenoxy) is 1. The van der Waals surface area contributed by atoms with E-state index in [0.717, 1.165) is 36.3 Å². The first-order valence-electron chi connectivity index (χ1n) is 6.77. The monoisotopic (exact) mass is 249 g/mol. The number of aromatic nitrogens is 2. The van der Waals surface area contributed by atoms with Crippen LogP contribution in [0.25, 0.3) is 0 Å². The molecule has 0 amide bonds. The summed E-state index contributed by atoms with van der Waals surface area (Å²) >= 11 is 0. The van der Waals surface area contributed by atoms with Crippen LogP contribution in [0.5, 0.6) is 0 Å². The van der Waals surface area contributed by atoms with Crippen molar-refractivity contribution >= 4 is 0 Å². The van der Waals surface area contributed by atoms with Crippen molar-refractivity contribution in [3.05, 3.63) is 23.3 Å². The van der Waals surface area contributed by atoms with Gasteiger partial charge in [-0.05, 0) is 25.2 Å². The molecule has 1 aliphatic rings. The number of nitrogens with zero attached hydrogens (tertiary/aromatic N) is 2. The Balaban J connectivity index is 2.33. The number of hydrogen-bond donors (Lipinski definition) is 1. The minimum Gasteiger partial charge on any atom is -0.373 e. The molecule has 0 fully saturated rings. The number of aryl methyl sites for hydroxylation is 1. The van der Waals surface area contributed by atoms with Crippen molar-refractivity contribution in [1.82, 2.24) is 9.97 Å². The van der Waals surface area contributed by atoms with Gasteiger partial charge in [0.1, 0.15) is 6.10 Å². The zero-order chi connectivity index (χ0) is 13.1. The SMILES string of the molecule is COC(c1ncc2c(n1)CCCCC2N)C(C)C. The van der Waals surface area contributed by atoms with Crippen molar-refractivity contribution in [1.29, 1.82) is 0 Å². The van der Waals surface area contributed by atoms with Gasteiger partial charge in [0, 0.05) is 30.6 Å². The maximum absolute atomic E-state index is 6.15. The van der Waals surface area contributed by atoms with E-state index < -0.39 is 0 Å². The van der Waals surface area contributed by atoms with Gasteiger partial charge in [0.2, 0.25) is 0 Å². The van der Waals surface area contributed by atoms with Crippen LogP contribution in [-0.2, 0) is 11.2 Å². The first kappa shape index (κ1) is 13.4. The molecule has 100 valence electrons. The van der Waals surface area contributed by atoms with E-state index in [9.17, 15) is 0 Å². The zero-order valence-electron chi connectivity index (χ0n) is 11.5. The maximum Gasteiger partial charge on any atom is 0.157 e. The highest BCUT2D eigenvalue weighted by atomic mass is 16.5. The quantitative estimate of drug-likeness (QED) is 0.836. The number of methoxy groups -OCH3 is 1. The average molecular weight is 249 g/mol. The first-order chi connectivity index (χ1) is 8.63. The van der Waals surface area contributed by atoms with E-state index in [1.807, 2.05) is 6.20 Å². The molecule has 0 spiro atoms. The van der Waals surface area contributed by atoms with Crippen LogP contribution >= 0.6 is 0 Å². The van der Waals surface area contributed by atoms with Crippen LogP contribution in [0, 0.1) is 5.92 Å². The van der Waals surface area contributed by atoms with Crippen molar-refractivity contribution in [2.45, 2.75) is 51.7 Å². The summed E-state index contributed by atoms with van der Waals surface area (Å²) in [6.07, 6.45) is 6.25. The van der Waals surface area contributed by atoms with E-state index in [1.54, 1.807) is 7.11 Å². The van der Waals surface area contributed by atoms with Gasteiger partial charge in [-0.15, -0.1) is 0 Å². The fourth-order valence-corrected chi connectivity index (χ4v) is 2.58. The van der Waals surface area contributed by atoms with Gasteiger partial charge in [-0.3, -0.25) is 0 Å². The summed E-state index contributed by atoms with van der Waals surface area (Å²) in [6, 6.07) is 0.0941. The Kier molecular flexibility index (Phi) is 4.30.